The summed E-state index contributed by atoms with van der Waals surface area (Å²) in [6.07, 6.45) is 2.95. The topological polar surface area (TPSA) is 70.1 Å². The zero-order valence-corrected chi connectivity index (χ0v) is 12.7. The van der Waals surface area contributed by atoms with Crippen molar-refractivity contribution in [3.05, 3.63) is 0 Å². The lowest BCUT2D eigenvalue weighted by Crippen LogP contribution is -2.36. The largest absolute Gasteiger partial charge is 0.400 e. The Kier molecular flexibility index (Phi) is 8.72. The molecule has 0 aliphatic rings. The summed E-state index contributed by atoms with van der Waals surface area (Å²) in [5.41, 5.74) is 7.19. The van der Waals surface area contributed by atoms with Crippen molar-refractivity contribution in [3.63, 3.8) is 0 Å². The summed E-state index contributed by atoms with van der Waals surface area (Å²) in [4.78, 5) is 0. The van der Waals surface area contributed by atoms with E-state index in [1.165, 1.54) is 0 Å². The average molecular weight is 244 g/mol. The van der Waals surface area contributed by atoms with E-state index in [4.69, 9.17) is 16.2 Å². The molecule has 4 N–H and O–H groups in total. The molecule has 2 atom stereocenters. The molecule has 0 saturated heterocycles. The number of nitrogens with two attached hydrogens (primary N) is 1. The Labute approximate surface area is 107 Å². The summed E-state index contributed by atoms with van der Waals surface area (Å²) < 4.78 is 0. The Morgan fingerprint density at radius 1 is 1.18 bits per heavy atom. The molecule has 17 heavy (non-hydrogen) atoms. The highest BCUT2D eigenvalue weighted by Crippen LogP contribution is 2.31. The van der Waals surface area contributed by atoms with Crippen LogP contribution in [0.5, 0.6) is 0 Å². The number of hydrogen-bond donors (Lipinski definition) is 3. The molecule has 0 aliphatic carbocycles. The van der Waals surface area contributed by atoms with Gasteiger partial charge in [-0.3, -0.25) is 0 Å². The van der Waals surface area contributed by atoms with E-state index < -0.39 is 0 Å². The van der Waals surface area contributed by atoms with Crippen molar-refractivity contribution in [2.45, 2.75) is 66.8 Å². The molecule has 0 saturated carbocycles. The summed E-state index contributed by atoms with van der Waals surface area (Å²) in [5, 5.41) is 14.8. The minimum atomic E-state index is -0.00926. The molecule has 0 aromatic carbocycles. The first-order valence-corrected chi connectivity index (χ1v) is 6.36. The zero-order valence-electron chi connectivity index (χ0n) is 12.7. The maximum Gasteiger partial charge on any atom is 0.0319 e. The first-order valence-electron chi connectivity index (χ1n) is 6.36. The van der Waals surface area contributed by atoms with E-state index in [1.807, 2.05) is 6.92 Å². The number of aliphatic hydroxyl groups excluding tert-OH is 1. The average Bonchev–Trinajstić information content (AvgIpc) is 2.17. The van der Waals surface area contributed by atoms with Crippen LogP contribution in [0.25, 0.3) is 0 Å². The molecule has 0 radical (unpaired) electrons. The summed E-state index contributed by atoms with van der Waals surface area (Å²) >= 11 is 0. The summed E-state index contributed by atoms with van der Waals surface area (Å²) in [7, 11) is 1.00. The SMILES string of the molecule is CCC(C)(CC(N)CC(C)(C)C)C(C)=N.CO. The van der Waals surface area contributed by atoms with Crippen LogP contribution in [0.15, 0.2) is 0 Å². The standard InChI is InChI=1S/C13H28N2.CH4O/c1-7-13(6,10(2)14)9-11(15)8-12(3,4)5;1-2/h11,14H,7-9,15H2,1-6H3;2H,1H3. The Morgan fingerprint density at radius 3 is 1.82 bits per heavy atom. The fraction of sp³-hybridized carbons (Fsp3) is 0.929. The van der Waals surface area contributed by atoms with Crippen molar-refractivity contribution >= 4 is 5.71 Å². The molecule has 0 aromatic heterocycles. The second-order valence-corrected chi connectivity index (χ2v) is 6.27. The molecular weight excluding hydrogens is 212 g/mol. The Hall–Kier alpha value is -0.410. The van der Waals surface area contributed by atoms with Gasteiger partial charge in [0, 0.05) is 24.3 Å². The molecule has 0 fully saturated rings. The van der Waals surface area contributed by atoms with Gasteiger partial charge in [-0.25, -0.2) is 0 Å². The molecule has 3 heteroatoms. The van der Waals surface area contributed by atoms with Crippen LogP contribution in [0, 0.1) is 16.2 Å². The Bertz CT molecular complexity index is 221. The monoisotopic (exact) mass is 244 g/mol. The molecule has 104 valence electrons. The first kappa shape index (κ1) is 18.9. The third-order valence-electron chi connectivity index (χ3n) is 3.27. The quantitative estimate of drug-likeness (QED) is 0.650. The lowest BCUT2D eigenvalue weighted by atomic mass is 9.74. The van der Waals surface area contributed by atoms with Gasteiger partial charge in [0.25, 0.3) is 0 Å². The van der Waals surface area contributed by atoms with Gasteiger partial charge in [0.05, 0.1) is 0 Å². The first-order chi connectivity index (χ1) is 7.60. The van der Waals surface area contributed by atoms with Gasteiger partial charge in [-0.05, 0) is 31.6 Å². The molecule has 0 spiro atoms. The number of nitrogens with one attached hydrogen (secondary N) is 1. The highest BCUT2D eigenvalue weighted by atomic mass is 16.2. The van der Waals surface area contributed by atoms with Crippen LogP contribution in [-0.4, -0.2) is 24.0 Å². The summed E-state index contributed by atoms with van der Waals surface area (Å²) in [6, 6.07) is 0.204. The minimum Gasteiger partial charge on any atom is -0.400 e. The van der Waals surface area contributed by atoms with Crippen LogP contribution in [0.1, 0.15) is 60.8 Å². The van der Waals surface area contributed by atoms with Gasteiger partial charge in [0.2, 0.25) is 0 Å². The fourth-order valence-electron chi connectivity index (χ4n) is 2.00. The van der Waals surface area contributed by atoms with E-state index in [9.17, 15) is 0 Å². The Morgan fingerprint density at radius 2 is 1.59 bits per heavy atom. The molecule has 0 rings (SSSR count). The highest BCUT2D eigenvalue weighted by molar-refractivity contribution is 5.84. The van der Waals surface area contributed by atoms with Crippen LogP contribution in [0.2, 0.25) is 0 Å². The van der Waals surface area contributed by atoms with E-state index >= 15 is 0 Å². The lowest BCUT2D eigenvalue weighted by Gasteiger charge is -2.33. The molecular formula is C14H32N2O. The molecule has 3 nitrogen and oxygen atoms in total. The predicted molar refractivity (Wildman–Crippen MR) is 76.6 cm³/mol. The highest BCUT2D eigenvalue weighted by Gasteiger charge is 2.28. The number of rotatable bonds is 5. The van der Waals surface area contributed by atoms with Gasteiger partial charge in [-0.2, -0.15) is 0 Å². The number of hydrogen-bond acceptors (Lipinski definition) is 3. The van der Waals surface area contributed by atoms with Crippen molar-refractivity contribution < 1.29 is 5.11 Å². The van der Waals surface area contributed by atoms with Gasteiger partial charge in [-0.15, -0.1) is 0 Å². The van der Waals surface area contributed by atoms with E-state index in [-0.39, 0.29) is 16.9 Å². The molecule has 0 bridgehead atoms. The maximum atomic E-state index is 7.82. The van der Waals surface area contributed by atoms with Gasteiger partial charge >= 0.3 is 0 Å². The van der Waals surface area contributed by atoms with E-state index in [2.05, 4.69) is 34.6 Å². The van der Waals surface area contributed by atoms with Crippen molar-refractivity contribution in [3.8, 4) is 0 Å². The molecule has 2 unspecified atom stereocenters. The van der Waals surface area contributed by atoms with E-state index in [0.29, 0.717) is 0 Å². The van der Waals surface area contributed by atoms with Gasteiger partial charge in [-0.1, -0.05) is 34.6 Å². The summed E-state index contributed by atoms with van der Waals surface area (Å²) in [6.45, 7) is 12.8. The van der Waals surface area contributed by atoms with Crippen LogP contribution in [0.4, 0.5) is 0 Å². The summed E-state index contributed by atoms with van der Waals surface area (Å²) in [5.74, 6) is 0. The fourth-order valence-corrected chi connectivity index (χ4v) is 2.00. The van der Waals surface area contributed by atoms with Gasteiger partial charge in [0.15, 0.2) is 0 Å². The van der Waals surface area contributed by atoms with E-state index in [0.717, 1.165) is 32.1 Å². The van der Waals surface area contributed by atoms with Crippen LogP contribution < -0.4 is 5.73 Å². The maximum absolute atomic E-state index is 7.82. The molecule has 0 heterocycles. The van der Waals surface area contributed by atoms with Gasteiger partial charge < -0.3 is 16.2 Å². The molecule has 0 aromatic rings. The third kappa shape index (κ3) is 8.33. The number of aliphatic hydroxyl groups is 1. The smallest absolute Gasteiger partial charge is 0.0319 e. The van der Waals surface area contributed by atoms with Crippen LogP contribution in [0.3, 0.4) is 0 Å². The van der Waals surface area contributed by atoms with Crippen molar-refractivity contribution in [2.24, 2.45) is 16.6 Å². The van der Waals surface area contributed by atoms with E-state index in [1.54, 1.807) is 0 Å². The van der Waals surface area contributed by atoms with Crippen molar-refractivity contribution in [1.82, 2.24) is 0 Å². The second kappa shape index (κ2) is 7.83. The van der Waals surface area contributed by atoms with Crippen molar-refractivity contribution in [2.75, 3.05) is 7.11 Å². The lowest BCUT2D eigenvalue weighted by molar-refractivity contribution is 0.283. The van der Waals surface area contributed by atoms with Crippen molar-refractivity contribution in [1.29, 1.82) is 5.41 Å². The second-order valence-electron chi connectivity index (χ2n) is 6.27. The molecule has 0 aliphatic heterocycles. The van der Waals surface area contributed by atoms with Crippen LogP contribution >= 0.6 is 0 Å². The Balaban J connectivity index is 0. The molecule has 0 amide bonds. The predicted octanol–water partition coefficient (Wildman–Crippen LogP) is 3.20. The minimum absolute atomic E-state index is 0.00926. The zero-order chi connectivity index (χ0) is 14.3. The normalized spacial score (nSPS) is 16.5. The van der Waals surface area contributed by atoms with Gasteiger partial charge in [0.1, 0.15) is 0 Å². The van der Waals surface area contributed by atoms with Crippen LogP contribution in [-0.2, 0) is 0 Å². The third-order valence-corrected chi connectivity index (χ3v) is 3.27.